The highest BCUT2D eigenvalue weighted by atomic mass is 16.2. The Kier molecular flexibility index (Phi) is 7.37. The van der Waals surface area contributed by atoms with Gasteiger partial charge in [-0.2, -0.15) is 4.98 Å². The number of aromatic amines is 4. The number of amides is 1. The maximum atomic E-state index is 13.4. The lowest BCUT2D eigenvalue weighted by Crippen LogP contribution is -2.33. The van der Waals surface area contributed by atoms with Crippen LogP contribution >= 0.6 is 0 Å². The van der Waals surface area contributed by atoms with E-state index in [1.54, 1.807) is 19.2 Å². The van der Waals surface area contributed by atoms with Crippen molar-refractivity contribution in [3.8, 4) is 0 Å². The van der Waals surface area contributed by atoms with Gasteiger partial charge in [0.1, 0.15) is 0 Å². The lowest BCUT2D eigenvalue weighted by Gasteiger charge is -2.28. The molecule has 0 spiro atoms. The fourth-order valence-electron chi connectivity index (χ4n) is 6.71. The van der Waals surface area contributed by atoms with Crippen molar-refractivity contribution in [2.24, 2.45) is 0 Å². The zero-order valence-electron chi connectivity index (χ0n) is 28.5. The summed E-state index contributed by atoms with van der Waals surface area (Å²) in [7, 11) is 0. The van der Waals surface area contributed by atoms with Gasteiger partial charge in [-0.05, 0) is 116 Å². The molecule has 0 atom stereocenters. The van der Waals surface area contributed by atoms with Gasteiger partial charge in [-0.15, -0.1) is 0 Å². The summed E-state index contributed by atoms with van der Waals surface area (Å²) in [5, 5.41) is 3.02. The summed E-state index contributed by atoms with van der Waals surface area (Å²) in [6, 6.07) is 17.1. The molecule has 1 aliphatic heterocycles. The standard InChI is InChI=1S/C37H47N7O2/c1-22-16-18-44(33(46)39-22)19-17-38-31(45)21-23-20-30-36(6,7)28-13-12-26(41-28)34(2,3)24-10-11-25(40-24)35(4,5)27-14-15-29(42-27)37(8,9)32(23)43-30/h10-16,18,20,40-43H,17,19,21H2,1-9H3,(H,38,45). The van der Waals surface area contributed by atoms with Gasteiger partial charge in [-0.3, -0.25) is 9.36 Å². The van der Waals surface area contributed by atoms with E-state index in [1.165, 1.54) is 4.57 Å². The predicted molar refractivity (Wildman–Crippen MR) is 182 cm³/mol. The van der Waals surface area contributed by atoms with Crippen molar-refractivity contribution >= 4 is 5.91 Å². The van der Waals surface area contributed by atoms with E-state index < -0.39 is 10.8 Å². The van der Waals surface area contributed by atoms with Gasteiger partial charge < -0.3 is 25.3 Å². The predicted octanol–water partition coefficient (Wildman–Crippen LogP) is 5.84. The molecule has 0 radical (unpaired) electrons. The smallest absolute Gasteiger partial charge is 0.347 e. The number of hydrogen-bond donors (Lipinski definition) is 5. The lowest BCUT2D eigenvalue weighted by atomic mass is 9.83. The monoisotopic (exact) mass is 621 g/mol. The summed E-state index contributed by atoms with van der Waals surface area (Å²) in [6.45, 7) is 20.2. The number of nitrogens with zero attached hydrogens (tertiary/aromatic N) is 2. The lowest BCUT2D eigenvalue weighted by molar-refractivity contribution is -0.120. The Balaban J connectivity index is 1.40. The van der Waals surface area contributed by atoms with Crippen LogP contribution in [-0.2, 0) is 39.4 Å². The molecular weight excluding hydrogens is 574 g/mol. The molecule has 5 N–H and O–H groups in total. The zero-order chi connectivity index (χ0) is 33.2. The molecule has 5 aromatic rings. The van der Waals surface area contributed by atoms with Crippen LogP contribution in [-0.4, -0.2) is 41.9 Å². The van der Waals surface area contributed by atoms with Crippen LogP contribution in [0.4, 0.5) is 0 Å². The molecule has 1 amide bonds. The van der Waals surface area contributed by atoms with Crippen LogP contribution in [0.15, 0.2) is 59.5 Å². The number of H-pyrrole nitrogens is 4. The first-order valence-electron chi connectivity index (χ1n) is 16.1. The molecule has 242 valence electrons. The Morgan fingerprint density at radius 1 is 0.696 bits per heavy atom. The SMILES string of the molecule is Cc1ccn(CCNC(=O)Cc2cc3[nH]c2C(C)(C)c2ccc([nH]2)C(C)(C)c2ccc([nH]2)C(C)(C)c2ccc([nH]2)C3(C)C)c(=O)n1. The molecule has 0 aliphatic carbocycles. The number of aromatic nitrogens is 6. The van der Waals surface area contributed by atoms with E-state index in [9.17, 15) is 9.59 Å². The van der Waals surface area contributed by atoms with E-state index in [-0.39, 0.29) is 28.8 Å². The molecule has 9 nitrogen and oxygen atoms in total. The maximum absolute atomic E-state index is 13.4. The number of hydrogen-bond acceptors (Lipinski definition) is 3. The van der Waals surface area contributed by atoms with Gasteiger partial charge in [-0.1, -0.05) is 0 Å². The van der Waals surface area contributed by atoms with E-state index in [2.05, 4.69) is 128 Å². The first-order chi connectivity index (χ1) is 21.5. The normalized spacial score (nSPS) is 17.5. The van der Waals surface area contributed by atoms with Crippen molar-refractivity contribution in [1.29, 1.82) is 0 Å². The zero-order valence-corrected chi connectivity index (χ0v) is 28.5. The molecule has 6 heterocycles. The van der Waals surface area contributed by atoms with Crippen LogP contribution < -0.4 is 11.0 Å². The van der Waals surface area contributed by atoms with Gasteiger partial charge in [0.05, 0.1) is 6.42 Å². The Labute approximate surface area is 270 Å². The van der Waals surface area contributed by atoms with Crippen molar-refractivity contribution in [2.45, 2.75) is 96.9 Å². The number of nitrogens with one attached hydrogen (secondary N) is 5. The van der Waals surface area contributed by atoms with Gasteiger partial charge in [0.25, 0.3) is 0 Å². The quantitative estimate of drug-likeness (QED) is 0.169. The summed E-state index contributed by atoms with van der Waals surface area (Å²) in [5.41, 5.74) is 8.62. The van der Waals surface area contributed by atoms with E-state index in [1.807, 2.05) is 0 Å². The molecule has 0 saturated carbocycles. The minimum absolute atomic E-state index is 0.0982. The summed E-state index contributed by atoms with van der Waals surface area (Å²) in [4.78, 5) is 44.7. The molecule has 5 aromatic heterocycles. The number of aryl methyl sites for hydroxylation is 1. The minimum atomic E-state index is -0.458. The largest absolute Gasteiger partial charge is 0.361 e. The Morgan fingerprint density at radius 2 is 1.15 bits per heavy atom. The highest BCUT2D eigenvalue weighted by Crippen LogP contribution is 2.42. The first-order valence-corrected chi connectivity index (χ1v) is 16.1. The summed E-state index contributed by atoms with van der Waals surface area (Å²) in [6.07, 6.45) is 1.92. The first kappa shape index (κ1) is 31.5. The van der Waals surface area contributed by atoms with Crippen LogP contribution in [0.3, 0.4) is 0 Å². The minimum Gasteiger partial charge on any atom is -0.361 e. The van der Waals surface area contributed by atoms with Crippen LogP contribution in [0.1, 0.15) is 112 Å². The number of carbonyl (C=O) groups excluding carboxylic acids is 1. The second-order valence-corrected chi connectivity index (χ2v) is 15.0. The average molecular weight is 622 g/mol. The molecule has 0 aromatic carbocycles. The third-order valence-corrected chi connectivity index (χ3v) is 10.3. The van der Waals surface area contributed by atoms with Gasteiger partial charge in [-0.25, -0.2) is 4.79 Å². The summed E-state index contributed by atoms with van der Waals surface area (Å²) >= 11 is 0. The van der Waals surface area contributed by atoms with Crippen LogP contribution in [0.2, 0.25) is 0 Å². The van der Waals surface area contributed by atoms with Gasteiger partial charge in [0, 0.05) is 92.2 Å². The second kappa shape index (κ2) is 10.8. The van der Waals surface area contributed by atoms with E-state index >= 15 is 0 Å². The number of rotatable bonds is 5. The number of carbonyl (C=O) groups is 1. The summed E-state index contributed by atoms with van der Waals surface area (Å²) < 4.78 is 1.51. The molecular formula is C37H47N7O2. The maximum Gasteiger partial charge on any atom is 0.347 e. The highest BCUT2D eigenvalue weighted by molar-refractivity contribution is 5.79. The molecule has 0 saturated heterocycles. The van der Waals surface area contributed by atoms with E-state index in [0.29, 0.717) is 18.8 Å². The second-order valence-electron chi connectivity index (χ2n) is 15.0. The molecule has 1 aliphatic rings. The molecule has 9 heteroatoms. The van der Waals surface area contributed by atoms with Gasteiger partial charge in [0.15, 0.2) is 0 Å². The van der Waals surface area contributed by atoms with Crippen molar-refractivity contribution in [3.63, 3.8) is 0 Å². The van der Waals surface area contributed by atoms with Crippen LogP contribution in [0, 0.1) is 6.92 Å². The fourth-order valence-corrected chi connectivity index (χ4v) is 6.71. The summed E-state index contributed by atoms with van der Waals surface area (Å²) in [5.74, 6) is -0.0982. The van der Waals surface area contributed by atoms with Gasteiger partial charge >= 0.3 is 5.69 Å². The van der Waals surface area contributed by atoms with E-state index in [4.69, 9.17) is 0 Å². The topological polar surface area (TPSA) is 127 Å². The molecule has 6 rings (SSSR count). The molecule has 46 heavy (non-hydrogen) atoms. The van der Waals surface area contributed by atoms with Crippen molar-refractivity contribution in [1.82, 2.24) is 34.8 Å². The molecule has 8 bridgehead atoms. The Bertz CT molecular complexity index is 1970. The van der Waals surface area contributed by atoms with Crippen LogP contribution in [0.25, 0.3) is 0 Å². The third kappa shape index (κ3) is 5.25. The fraction of sp³-hybridized carbons (Fsp3) is 0.432. The third-order valence-electron chi connectivity index (χ3n) is 10.3. The van der Waals surface area contributed by atoms with Crippen molar-refractivity contribution in [3.05, 3.63) is 122 Å². The highest BCUT2D eigenvalue weighted by Gasteiger charge is 2.37. The molecule has 0 fully saturated rings. The Hall–Kier alpha value is -4.53. The average Bonchev–Trinajstić information content (AvgIpc) is 3.79. The molecule has 0 unspecified atom stereocenters. The van der Waals surface area contributed by atoms with E-state index in [0.717, 1.165) is 51.1 Å². The number of fused-ring (bicyclic) bond motifs is 8. The van der Waals surface area contributed by atoms with Crippen molar-refractivity contribution < 1.29 is 4.79 Å². The van der Waals surface area contributed by atoms with Crippen molar-refractivity contribution in [2.75, 3.05) is 6.54 Å². The van der Waals surface area contributed by atoms with Crippen LogP contribution in [0.5, 0.6) is 0 Å². The van der Waals surface area contributed by atoms with Gasteiger partial charge in [0.2, 0.25) is 5.91 Å². The Morgan fingerprint density at radius 3 is 1.63 bits per heavy atom.